The number of rotatable bonds is 4. The Morgan fingerprint density at radius 3 is 2.36 bits per heavy atom. The highest BCUT2D eigenvalue weighted by atomic mass is 16.1. The molecule has 0 saturated heterocycles. The molecule has 0 aliphatic carbocycles. The van der Waals surface area contributed by atoms with Crippen LogP contribution < -0.4 is 10.2 Å². The van der Waals surface area contributed by atoms with Gasteiger partial charge >= 0.3 is 0 Å². The fraction of sp³-hybridized carbons (Fsp3) is 0.130. The van der Waals surface area contributed by atoms with Crippen LogP contribution >= 0.6 is 0 Å². The van der Waals surface area contributed by atoms with Crippen molar-refractivity contribution in [1.29, 1.82) is 0 Å². The van der Waals surface area contributed by atoms with Gasteiger partial charge in [-0.1, -0.05) is 18.2 Å². The highest BCUT2D eigenvalue weighted by Gasteiger charge is 2.09. The molecule has 4 rings (SSSR count). The Labute approximate surface area is 164 Å². The van der Waals surface area contributed by atoms with Gasteiger partial charge in [0.05, 0.1) is 5.69 Å². The third kappa shape index (κ3) is 3.47. The molecule has 1 N–H and O–H groups in total. The summed E-state index contributed by atoms with van der Waals surface area (Å²) >= 11 is 0. The molecular weight excluding hydrogens is 348 g/mol. The average Bonchev–Trinajstić information content (AvgIpc) is 3.14. The van der Waals surface area contributed by atoms with Gasteiger partial charge in [-0.3, -0.25) is 4.79 Å². The van der Waals surface area contributed by atoms with Gasteiger partial charge in [0, 0.05) is 49.0 Å². The second-order valence-corrected chi connectivity index (χ2v) is 7.02. The summed E-state index contributed by atoms with van der Waals surface area (Å²) in [6, 6.07) is 19.3. The summed E-state index contributed by atoms with van der Waals surface area (Å²) in [7, 11) is 3.95. The van der Waals surface area contributed by atoms with Gasteiger partial charge in [0.15, 0.2) is 0 Å². The Bertz CT molecular complexity index is 1130. The Balaban J connectivity index is 1.51. The van der Waals surface area contributed by atoms with Crippen molar-refractivity contribution in [3.8, 4) is 11.3 Å². The SMILES string of the molecule is Cc1cccn2cc(-c3ccc(NC(=O)c4ccc(N(C)C)cc4)cc3)nc12. The number of carbonyl (C=O) groups excluding carboxylic acids is 1. The zero-order valence-corrected chi connectivity index (χ0v) is 16.2. The number of pyridine rings is 1. The number of hydrogen-bond acceptors (Lipinski definition) is 3. The average molecular weight is 370 g/mol. The number of anilines is 2. The topological polar surface area (TPSA) is 49.6 Å². The van der Waals surface area contributed by atoms with Gasteiger partial charge in [-0.2, -0.15) is 0 Å². The minimum Gasteiger partial charge on any atom is -0.378 e. The van der Waals surface area contributed by atoms with Gasteiger partial charge in [-0.25, -0.2) is 4.98 Å². The first kappa shape index (κ1) is 17.8. The van der Waals surface area contributed by atoms with Crippen molar-refractivity contribution in [3.63, 3.8) is 0 Å². The van der Waals surface area contributed by atoms with Crippen LogP contribution in [0.1, 0.15) is 15.9 Å². The molecule has 0 spiro atoms. The van der Waals surface area contributed by atoms with Crippen molar-refractivity contribution in [1.82, 2.24) is 9.38 Å². The summed E-state index contributed by atoms with van der Waals surface area (Å²) < 4.78 is 2.03. The summed E-state index contributed by atoms with van der Waals surface area (Å²) in [5.74, 6) is -0.124. The number of hydrogen-bond donors (Lipinski definition) is 1. The standard InChI is InChI=1S/C23H22N4O/c1-16-5-4-14-27-15-21(25-22(16)27)17-6-10-19(11-7-17)24-23(28)18-8-12-20(13-9-18)26(2)3/h4-15H,1-3H3,(H,24,28). The number of carbonyl (C=O) groups is 1. The Morgan fingerprint density at radius 1 is 1.00 bits per heavy atom. The van der Waals surface area contributed by atoms with Gasteiger partial charge in [0.25, 0.3) is 5.91 Å². The van der Waals surface area contributed by atoms with Gasteiger partial charge in [-0.15, -0.1) is 0 Å². The van der Waals surface area contributed by atoms with E-state index in [1.165, 1.54) is 0 Å². The second-order valence-electron chi connectivity index (χ2n) is 7.02. The maximum absolute atomic E-state index is 12.5. The summed E-state index contributed by atoms with van der Waals surface area (Å²) in [5, 5.41) is 2.94. The Morgan fingerprint density at radius 2 is 1.71 bits per heavy atom. The molecule has 0 unspecified atom stereocenters. The molecule has 5 heteroatoms. The molecule has 0 aliphatic rings. The molecule has 0 bridgehead atoms. The van der Waals surface area contributed by atoms with Crippen LogP contribution in [-0.4, -0.2) is 29.4 Å². The second kappa shape index (κ2) is 7.19. The molecule has 2 aromatic heterocycles. The van der Waals surface area contributed by atoms with Crippen molar-refractivity contribution in [2.45, 2.75) is 6.92 Å². The quantitative estimate of drug-likeness (QED) is 0.570. The lowest BCUT2D eigenvalue weighted by Gasteiger charge is -2.12. The van der Waals surface area contributed by atoms with Gasteiger partial charge in [0.2, 0.25) is 0 Å². The molecule has 0 saturated carbocycles. The van der Waals surface area contributed by atoms with E-state index in [0.717, 1.165) is 33.8 Å². The van der Waals surface area contributed by atoms with Crippen molar-refractivity contribution in [3.05, 3.63) is 84.2 Å². The van der Waals surface area contributed by atoms with Gasteiger partial charge in [-0.05, 0) is 55.0 Å². The van der Waals surface area contributed by atoms with Crippen molar-refractivity contribution in [2.75, 3.05) is 24.3 Å². The molecule has 0 aliphatic heterocycles. The summed E-state index contributed by atoms with van der Waals surface area (Å²) in [6.07, 6.45) is 4.01. The molecule has 0 radical (unpaired) electrons. The van der Waals surface area contributed by atoms with Gasteiger partial charge in [0.1, 0.15) is 5.65 Å². The monoisotopic (exact) mass is 370 g/mol. The fourth-order valence-electron chi connectivity index (χ4n) is 3.13. The Hall–Kier alpha value is -3.60. The molecule has 4 aromatic rings. The lowest BCUT2D eigenvalue weighted by molar-refractivity contribution is 0.102. The van der Waals surface area contributed by atoms with Crippen LogP contribution in [0.3, 0.4) is 0 Å². The predicted octanol–water partition coefficient (Wildman–Crippen LogP) is 4.63. The normalized spacial score (nSPS) is 10.8. The van der Waals surface area contributed by atoms with Crippen LogP contribution in [0.2, 0.25) is 0 Å². The van der Waals surface area contributed by atoms with Crippen LogP contribution in [0.4, 0.5) is 11.4 Å². The molecule has 0 atom stereocenters. The molecule has 0 fully saturated rings. The first-order chi connectivity index (χ1) is 13.5. The molecule has 2 heterocycles. The third-order valence-electron chi connectivity index (χ3n) is 4.76. The Kier molecular flexibility index (Phi) is 4.57. The first-order valence-corrected chi connectivity index (χ1v) is 9.15. The van der Waals surface area contributed by atoms with Crippen LogP contribution in [0.5, 0.6) is 0 Å². The zero-order chi connectivity index (χ0) is 19.7. The number of nitrogens with one attached hydrogen (secondary N) is 1. The third-order valence-corrected chi connectivity index (χ3v) is 4.76. The van der Waals surface area contributed by atoms with E-state index in [0.29, 0.717) is 5.56 Å². The predicted molar refractivity (Wildman–Crippen MR) is 114 cm³/mol. The summed E-state index contributed by atoms with van der Waals surface area (Å²) in [4.78, 5) is 19.2. The largest absolute Gasteiger partial charge is 0.378 e. The van der Waals surface area contributed by atoms with E-state index in [2.05, 4.69) is 18.3 Å². The highest BCUT2D eigenvalue weighted by molar-refractivity contribution is 6.04. The fourth-order valence-corrected chi connectivity index (χ4v) is 3.13. The van der Waals surface area contributed by atoms with Crippen molar-refractivity contribution >= 4 is 22.9 Å². The lowest BCUT2D eigenvalue weighted by atomic mass is 10.1. The van der Waals surface area contributed by atoms with Crippen molar-refractivity contribution < 1.29 is 4.79 Å². The maximum atomic E-state index is 12.5. The van der Waals surface area contributed by atoms with E-state index in [-0.39, 0.29) is 5.91 Å². The van der Waals surface area contributed by atoms with Gasteiger partial charge < -0.3 is 14.6 Å². The number of imidazole rings is 1. The smallest absolute Gasteiger partial charge is 0.255 e. The van der Waals surface area contributed by atoms with Crippen LogP contribution in [0.15, 0.2) is 73.1 Å². The number of amides is 1. The molecule has 2 aromatic carbocycles. The number of aryl methyl sites for hydroxylation is 1. The molecule has 5 nitrogen and oxygen atoms in total. The van der Waals surface area contributed by atoms with E-state index < -0.39 is 0 Å². The first-order valence-electron chi connectivity index (χ1n) is 9.15. The van der Waals surface area contributed by atoms with Crippen molar-refractivity contribution in [2.24, 2.45) is 0 Å². The molecular formula is C23H22N4O. The summed E-state index contributed by atoms with van der Waals surface area (Å²) in [5.41, 5.74) is 6.45. The van der Waals surface area contributed by atoms with Crippen LogP contribution in [0, 0.1) is 6.92 Å². The number of aromatic nitrogens is 2. The van der Waals surface area contributed by atoms with Crippen LogP contribution in [0.25, 0.3) is 16.9 Å². The van der Waals surface area contributed by atoms with Crippen LogP contribution in [-0.2, 0) is 0 Å². The lowest BCUT2D eigenvalue weighted by Crippen LogP contribution is -2.13. The summed E-state index contributed by atoms with van der Waals surface area (Å²) in [6.45, 7) is 2.05. The molecule has 1 amide bonds. The van der Waals surface area contributed by atoms with E-state index in [9.17, 15) is 4.79 Å². The molecule has 28 heavy (non-hydrogen) atoms. The number of fused-ring (bicyclic) bond motifs is 1. The van der Waals surface area contributed by atoms with E-state index >= 15 is 0 Å². The maximum Gasteiger partial charge on any atom is 0.255 e. The highest BCUT2D eigenvalue weighted by Crippen LogP contribution is 2.23. The van der Waals surface area contributed by atoms with E-state index in [1.54, 1.807) is 0 Å². The minimum absolute atomic E-state index is 0.124. The minimum atomic E-state index is -0.124. The molecule has 140 valence electrons. The number of nitrogens with zero attached hydrogens (tertiary/aromatic N) is 3. The van der Waals surface area contributed by atoms with E-state index in [4.69, 9.17) is 4.98 Å². The zero-order valence-electron chi connectivity index (χ0n) is 16.2. The number of benzene rings is 2. The van der Waals surface area contributed by atoms with E-state index in [1.807, 2.05) is 90.4 Å².